The Labute approximate surface area is 171 Å². The molecule has 2 heterocycles. The van der Waals surface area contributed by atoms with Crippen LogP contribution in [0.25, 0.3) is 10.9 Å². The van der Waals surface area contributed by atoms with Crippen LogP contribution in [-0.4, -0.2) is 36.2 Å². The molecule has 0 amide bonds. The molecule has 1 aromatic heterocycles. The quantitative estimate of drug-likeness (QED) is 0.623. The fourth-order valence-corrected chi connectivity index (χ4v) is 5.46. The van der Waals surface area contributed by atoms with Crippen molar-refractivity contribution in [3.05, 3.63) is 65.9 Å². The fourth-order valence-electron chi connectivity index (χ4n) is 3.88. The van der Waals surface area contributed by atoms with Crippen molar-refractivity contribution in [1.82, 2.24) is 8.87 Å². The van der Waals surface area contributed by atoms with Crippen molar-refractivity contribution in [2.24, 2.45) is 0 Å². The molecule has 148 valence electrons. The Hall–Kier alpha value is -2.88. The Morgan fingerprint density at radius 1 is 1.03 bits per heavy atom. The van der Waals surface area contributed by atoms with E-state index in [1.165, 1.54) is 3.97 Å². The van der Waals surface area contributed by atoms with Crippen LogP contribution in [0.1, 0.15) is 35.8 Å². The standard InChI is InChI=1S/C23H22N2O3S/c1-2-3-15-24-16-9-14-22(26)23-20(17-24)19-12-7-8-13-21(19)25(23)29(27,28)18-10-5-4-6-11-18/h4-8,10-13H,9,14-17H2,1H3. The van der Waals surface area contributed by atoms with E-state index in [0.717, 1.165) is 17.5 Å². The molecular formula is C23H22N2O3S. The first-order chi connectivity index (χ1) is 14.0. The fraction of sp³-hybridized carbons (Fsp3) is 0.261. The first kappa shape index (κ1) is 19.4. The summed E-state index contributed by atoms with van der Waals surface area (Å²) in [4.78, 5) is 15.5. The second-order valence-electron chi connectivity index (χ2n) is 7.09. The SMILES string of the molecule is CC#CCN1CCCC(=O)c2c(c3ccccc3n2S(=O)(=O)c2ccccc2)C1. The van der Waals surface area contributed by atoms with Crippen LogP contribution in [-0.2, 0) is 16.6 Å². The number of benzene rings is 2. The number of hydrogen-bond acceptors (Lipinski definition) is 4. The van der Waals surface area contributed by atoms with E-state index in [4.69, 9.17) is 0 Å². The minimum atomic E-state index is -3.91. The smallest absolute Gasteiger partial charge is 0.268 e. The number of carbonyl (C=O) groups is 1. The van der Waals surface area contributed by atoms with Crippen LogP contribution in [0.4, 0.5) is 0 Å². The summed E-state index contributed by atoms with van der Waals surface area (Å²) in [6.07, 6.45) is 0.986. The highest BCUT2D eigenvalue weighted by molar-refractivity contribution is 7.90. The number of carbonyl (C=O) groups excluding carboxylic acids is 1. The van der Waals surface area contributed by atoms with Gasteiger partial charge in [0.15, 0.2) is 5.78 Å². The second-order valence-corrected chi connectivity index (χ2v) is 8.88. The van der Waals surface area contributed by atoms with Gasteiger partial charge in [0, 0.05) is 23.9 Å². The summed E-state index contributed by atoms with van der Waals surface area (Å²) in [7, 11) is -3.91. The molecule has 0 radical (unpaired) electrons. The van der Waals surface area contributed by atoms with E-state index in [0.29, 0.717) is 31.4 Å². The number of para-hydroxylation sites is 1. The molecule has 29 heavy (non-hydrogen) atoms. The summed E-state index contributed by atoms with van der Waals surface area (Å²) in [6, 6.07) is 15.6. The number of rotatable bonds is 3. The van der Waals surface area contributed by atoms with Crippen LogP contribution < -0.4 is 0 Å². The van der Waals surface area contributed by atoms with E-state index in [9.17, 15) is 13.2 Å². The van der Waals surface area contributed by atoms with E-state index in [1.54, 1.807) is 49.4 Å². The number of fused-ring (bicyclic) bond motifs is 3. The average molecular weight is 407 g/mol. The molecule has 1 aliphatic rings. The van der Waals surface area contributed by atoms with Crippen molar-refractivity contribution in [1.29, 1.82) is 0 Å². The van der Waals surface area contributed by atoms with Crippen LogP contribution in [0, 0.1) is 11.8 Å². The first-order valence-corrected chi connectivity index (χ1v) is 11.1. The van der Waals surface area contributed by atoms with E-state index < -0.39 is 10.0 Å². The van der Waals surface area contributed by atoms with Gasteiger partial charge in [0.05, 0.1) is 17.0 Å². The zero-order chi connectivity index (χ0) is 20.4. The minimum absolute atomic E-state index is 0.128. The van der Waals surface area contributed by atoms with Gasteiger partial charge in [-0.3, -0.25) is 9.69 Å². The van der Waals surface area contributed by atoms with Crippen LogP contribution in [0.15, 0.2) is 59.5 Å². The summed E-state index contributed by atoms with van der Waals surface area (Å²) in [5.41, 5.74) is 1.59. The summed E-state index contributed by atoms with van der Waals surface area (Å²) >= 11 is 0. The van der Waals surface area contributed by atoms with Crippen molar-refractivity contribution >= 4 is 26.7 Å². The highest BCUT2D eigenvalue weighted by Gasteiger charge is 2.31. The molecule has 0 saturated heterocycles. The van der Waals surface area contributed by atoms with Crippen molar-refractivity contribution in [2.75, 3.05) is 13.1 Å². The Balaban J connectivity index is 1.99. The van der Waals surface area contributed by atoms with Gasteiger partial charge in [0.2, 0.25) is 0 Å². The van der Waals surface area contributed by atoms with Gasteiger partial charge in [-0.2, -0.15) is 0 Å². The van der Waals surface area contributed by atoms with Gasteiger partial charge in [-0.05, 0) is 38.1 Å². The average Bonchev–Trinajstić information content (AvgIpc) is 3.05. The molecule has 3 aromatic rings. The van der Waals surface area contributed by atoms with Gasteiger partial charge in [-0.15, -0.1) is 5.92 Å². The van der Waals surface area contributed by atoms with Gasteiger partial charge >= 0.3 is 0 Å². The molecule has 0 unspecified atom stereocenters. The van der Waals surface area contributed by atoms with Crippen molar-refractivity contribution < 1.29 is 13.2 Å². The first-order valence-electron chi connectivity index (χ1n) is 9.62. The van der Waals surface area contributed by atoms with Crippen molar-refractivity contribution in [2.45, 2.75) is 31.2 Å². The maximum Gasteiger partial charge on any atom is 0.268 e. The molecule has 4 rings (SSSR count). The summed E-state index contributed by atoms with van der Waals surface area (Å²) < 4.78 is 28.4. The molecule has 2 aromatic carbocycles. The van der Waals surface area contributed by atoms with Crippen LogP contribution in [0.3, 0.4) is 0 Å². The Bertz CT molecular complexity index is 1230. The van der Waals surface area contributed by atoms with Crippen molar-refractivity contribution in [3.63, 3.8) is 0 Å². The third-order valence-electron chi connectivity index (χ3n) is 5.22. The lowest BCUT2D eigenvalue weighted by Gasteiger charge is -2.23. The molecule has 1 aliphatic heterocycles. The number of ketones is 1. The topological polar surface area (TPSA) is 59.4 Å². The summed E-state index contributed by atoms with van der Waals surface area (Å²) in [5.74, 6) is 5.87. The highest BCUT2D eigenvalue weighted by Crippen LogP contribution is 2.33. The van der Waals surface area contributed by atoms with Gasteiger partial charge in [0.25, 0.3) is 10.0 Å². The highest BCUT2D eigenvalue weighted by atomic mass is 32.2. The third kappa shape index (κ3) is 3.48. The van der Waals surface area contributed by atoms with Gasteiger partial charge in [-0.25, -0.2) is 12.4 Å². The zero-order valence-electron chi connectivity index (χ0n) is 16.3. The maximum atomic E-state index is 13.6. The van der Waals surface area contributed by atoms with Gasteiger partial charge in [-0.1, -0.05) is 42.3 Å². The van der Waals surface area contributed by atoms with Gasteiger partial charge in [0.1, 0.15) is 5.69 Å². The molecule has 0 aliphatic carbocycles. The molecule has 5 nitrogen and oxygen atoms in total. The van der Waals surface area contributed by atoms with Crippen LogP contribution in [0.5, 0.6) is 0 Å². The predicted molar refractivity (Wildman–Crippen MR) is 113 cm³/mol. The van der Waals surface area contributed by atoms with E-state index in [2.05, 4.69) is 16.7 Å². The Kier molecular flexibility index (Phi) is 5.27. The van der Waals surface area contributed by atoms with Crippen LogP contribution in [0.2, 0.25) is 0 Å². The molecule has 0 fully saturated rings. The van der Waals surface area contributed by atoms with E-state index >= 15 is 0 Å². The molecule has 0 atom stereocenters. The lowest BCUT2D eigenvalue weighted by atomic mass is 10.0. The molecule has 0 bridgehead atoms. The van der Waals surface area contributed by atoms with Crippen LogP contribution >= 0.6 is 0 Å². The lowest BCUT2D eigenvalue weighted by molar-refractivity contribution is 0.0961. The molecule has 6 heteroatoms. The Morgan fingerprint density at radius 3 is 2.52 bits per heavy atom. The largest absolute Gasteiger partial charge is 0.292 e. The molecular weight excluding hydrogens is 384 g/mol. The number of Topliss-reactive ketones (excluding diaryl/α,β-unsaturated/α-hetero) is 1. The van der Waals surface area contributed by atoms with Crippen molar-refractivity contribution in [3.8, 4) is 11.8 Å². The summed E-state index contributed by atoms with van der Waals surface area (Å²) in [5, 5.41) is 0.798. The predicted octanol–water partition coefficient (Wildman–Crippen LogP) is 3.68. The Morgan fingerprint density at radius 2 is 1.76 bits per heavy atom. The number of nitrogens with zero attached hydrogens (tertiary/aromatic N) is 2. The van der Waals surface area contributed by atoms with E-state index in [1.807, 2.05) is 12.1 Å². The second kappa shape index (κ2) is 7.86. The molecule has 0 N–H and O–H groups in total. The van der Waals surface area contributed by atoms with E-state index in [-0.39, 0.29) is 16.4 Å². The zero-order valence-corrected chi connectivity index (χ0v) is 17.1. The minimum Gasteiger partial charge on any atom is -0.292 e. The normalized spacial score (nSPS) is 15.3. The van der Waals surface area contributed by atoms with Gasteiger partial charge < -0.3 is 0 Å². The molecule has 0 spiro atoms. The monoisotopic (exact) mass is 406 g/mol. The lowest BCUT2D eigenvalue weighted by Crippen LogP contribution is -2.29. The number of hydrogen-bond donors (Lipinski definition) is 0. The molecule has 0 saturated carbocycles. The summed E-state index contributed by atoms with van der Waals surface area (Å²) in [6.45, 7) is 3.64. The number of aromatic nitrogens is 1. The third-order valence-corrected chi connectivity index (χ3v) is 6.95. The maximum absolute atomic E-state index is 13.6.